The first-order chi connectivity index (χ1) is 18.7. The normalized spacial score (nSPS) is 17.3. The van der Waals surface area contributed by atoms with Crippen molar-refractivity contribution in [3.05, 3.63) is 63.5 Å². The number of aliphatic hydroxyl groups excluding tert-OH is 1. The van der Waals surface area contributed by atoms with Crippen molar-refractivity contribution >= 4 is 23.8 Å². The summed E-state index contributed by atoms with van der Waals surface area (Å²) in [5.74, 6) is 0.262. The Morgan fingerprint density at radius 2 is 1.92 bits per heavy atom. The maximum Gasteiger partial charge on any atom is 0.276 e. The van der Waals surface area contributed by atoms with E-state index < -0.39 is 0 Å². The number of pyridine rings is 2. The molecule has 0 bridgehead atoms. The van der Waals surface area contributed by atoms with Crippen molar-refractivity contribution < 1.29 is 19.4 Å². The third kappa shape index (κ3) is 5.14. The number of nitrogens with zero attached hydrogens (tertiary/aromatic N) is 4. The Balaban J connectivity index is 0.000000555. The van der Waals surface area contributed by atoms with Gasteiger partial charge in [-0.15, -0.1) is 0 Å². The summed E-state index contributed by atoms with van der Waals surface area (Å²) >= 11 is 0. The Bertz CT molecular complexity index is 1460. The molecule has 2 N–H and O–H groups in total. The summed E-state index contributed by atoms with van der Waals surface area (Å²) in [5.41, 5.74) is 4.86. The minimum Gasteiger partial charge on any atom is -0.392 e. The van der Waals surface area contributed by atoms with Gasteiger partial charge in [0.25, 0.3) is 11.5 Å². The fraction of sp³-hybridized carbons (Fsp3) is 0.448. The van der Waals surface area contributed by atoms with Crippen molar-refractivity contribution in [1.29, 1.82) is 0 Å². The summed E-state index contributed by atoms with van der Waals surface area (Å²) in [7, 11) is 1.59. The number of aliphatic hydroxyl groups is 1. The number of hydrogen-bond acceptors (Lipinski definition) is 6. The molecule has 1 saturated heterocycles. The van der Waals surface area contributed by atoms with Crippen LogP contribution in [0.4, 0.5) is 11.5 Å². The lowest BCUT2D eigenvalue weighted by Gasteiger charge is -2.31. The third-order valence-electron chi connectivity index (χ3n) is 7.61. The topological polar surface area (TPSA) is 119 Å². The molecule has 3 aromatic heterocycles. The van der Waals surface area contributed by atoms with Gasteiger partial charge >= 0.3 is 0 Å². The number of carbonyl (C=O) groups excluding carboxylic acids is 2. The first-order valence-electron chi connectivity index (χ1n) is 13.3. The molecule has 2 amide bonds. The number of rotatable bonds is 5. The van der Waals surface area contributed by atoms with E-state index in [4.69, 9.17) is 4.74 Å². The Morgan fingerprint density at radius 3 is 2.59 bits per heavy atom. The molecule has 6 rings (SSSR count). The highest BCUT2D eigenvalue weighted by molar-refractivity contribution is 6.06. The Labute approximate surface area is 227 Å². The molecule has 0 atom stereocenters. The van der Waals surface area contributed by atoms with E-state index in [1.807, 2.05) is 6.07 Å². The number of anilines is 2. The average Bonchev–Trinajstić information content (AvgIpc) is 3.65. The number of nitrogens with one attached hydrogen (secondary N) is 1. The lowest BCUT2D eigenvalue weighted by molar-refractivity contribution is -0.105. The van der Waals surface area contributed by atoms with Gasteiger partial charge in [-0.05, 0) is 60.4 Å². The molecule has 2 aliphatic heterocycles. The highest BCUT2D eigenvalue weighted by Crippen LogP contribution is 2.40. The van der Waals surface area contributed by atoms with E-state index in [2.05, 4.69) is 28.7 Å². The molecule has 10 heteroatoms. The molecule has 0 radical (unpaired) electrons. The number of ether oxygens (including phenoxy) is 1. The van der Waals surface area contributed by atoms with Gasteiger partial charge in [-0.1, -0.05) is 13.8 Å². The molecule has 206 valence electrons. The number of aromatic nitrogens is 3. The quantitative estimate of drug-likeness (QED) is 0.487. The average molecular weight is 534 g/mol. The summed E-state index contributed by atoms with van der Waals surface area (Å²) < 4.78 is 8.44. The van der Waals surface area contributed by atoms with Crippen molar-refractivity contribution in [3.63, 3.8) is 0 Å². The Kier molecular flexibility index (Phi) is 7.42. The van der Waals surface area contributed by atoms with Gasteiger partial charge in [0.2, 0.25) is 6.41 Å². The van der Waals surface area contributed by atoms with E-state index in [1.165, 1.54) is 28.7 Å². The lowest BCUT2D eigenvalue weighted by Crippen LogP contribution is -2.41. The van der Waals surface area contributed by atoms with Gasteiger partial charge in [0.05, 0.1) is 6.61 Å². The van der Waals surface area contributed by atoms with Gasteiger partial charge in [-0.2, -0.15) is 0 Å². The molecule has 0 saturated carbocycles. The second-order valence-electron chi connectivity index (χ2n) is 11.1. The van der Waals surface area contributed by atoms with Crippen LogP contribution in [0.5, 0.6) is 0 Å². The second-order valence-corrected chi connectivity index (χ2v) is 11.1. The lowest BCUT2D eigenvalue weighted by atomic mass is 9.90. The number of carbonyl (C=O) groups is 2. The Morgan fingerprint density at radius 1 is 1.15 bits per heavy atom. The summed E-state index contributed by atoms with van der Waals surface area (Å²) in [6.07, 6.45) is 8.13. The molecule has 0 aromatic carbocycles. The van der Waals surface area contributed by atoms with Gasteiger partial charge in [-0.25, -0.2) is 4.98 Å². The van der Waals surface area contributed by atoms with Crippen LogP contribution in [0, 0.1) is 5.41 Å². The molecule has 0 spiro atoms. The zero-order valence-electron chi connectivity index (χ0n) is 22.7. The molecule has 39 heavy (non-hydrogen) atoms. The zero-order chi connectivity index (χ0) is 27.7. The molecular formula is C29H35N5O5. The monoisotopic (exact) mass is 533 g/mol. The fourth-order valence-corrected chi connectivity index (χ4v) is 5.79. The number of hydrogen-bond donors (Lipinski definition) is 2. The fourth-order valence-electron chi connectivity index (χ4n) is 5.79. The molecule has 10 nitrogen and oxygen atoms in total. The molecule has 3 aliphatic rings. The van der Waals surface area contributed by atoms with Gasteiger partial charge in [-0.3, -0.25) is 19.3 Å². The first kappa shape index (κ1) is 26.8. The number of amides is 2. The summed E-state index contributed by atoms with van der Waals surface area (Å²) in [5, 5.41) is 12.7. The summed E-state index contributed by atoms with van der Waals surface area (Å²) in [6.45, 7) is 7.26. The van der Waals surface area contributed by atoms with Crippen LogP contribution in [-0.2, 0) is 42.6 Å². The maximum atomic E-state index is 13.5. The summed E-state index contributed by atoms with van der Waals surface area (Å²) in [6, 6.07) is 5.29. The standard InChI is InChI=1S/C25H27N5O4.C4H8O/c1-25(2)10-15-9-20-24(34)30(7-6-29(20)21(15)11-25)22-18(13-31)17(4-5-26-22)16-8-19(27-14-32)23(33)28(3)12-16;1-2-4-5-3-1/h4-5,8-9,12,14,31H,6-7,10-11,13H2,1-3H3,(H,27,32);1-4H2. The van der Waals surface area contributed by atoms with Crippen molar-refractivity contribution in [2.75, 3.05) is 30.0 Å². The molecule has 1 aliphatic carbocycles. The minimum absolute atomic E-state index is 0.126. The number of fused-ring (bicyclic) bond motifs is 3. The van der Waals surface area contributed by atoms with Crippen molar-refractivity contribution in [3.8, 4) is 11.1 Å². The second kappa shape index (κ2) is 10.8. The highest BCUT2D eigenvalue weighted by atomic mass is 16.5. The van der Waals surface area contributed by atoms with Crippen LogP contribution in [-0.4, -0.2) is 51.3 Å². The van der Waals surface area contributed by atoms with Crippen LogP contribution < -0.4 is 15.8 Å². The first-order valence-corrected chi connectivity index (χ1v) is 13.3. The Hall–Kier alpha value is -3.76. The highest BCUT2D eigenvalue weighted by Gasteiger charge is 2.37. The van der Waals surface area contributed by atoms with Crippen molar-refractivity contribution in [2.45, 2.75) is 52.7 Å². The number of aryl methyl sites for hydroxylation is 1. The maximum absolute atomic E-state index is 13.5. The molecule has 3 aromatic rings. The molecule has 5 heterocycles. The molecule has 1 fully saturated rings. The van der Waals surface area contributed by atoms with Crippen LogP contribution in [0.15, 0.2) is 35.4 Å². The van der Waals surface area contributed by atoms with E-state index in [-0.39, 0.29) is 29.2 Å². The minimum atomic E-state index is -0.348. The van der Waals surface area contributed by atoms with E-state index in [0.29, 0.717) is 47.7 Å². The van der Waals surface area contributed by atoms with E-state index in [0.717, 1.165) is 26.1 Å². The van der Waals surface area contributed by atoms with Crippen LogP contribution in [0.3, 0.4) is 0 Å². The van der Waals surface area contributed by atoms with Crippen molar-refractivity contribution in [1.82, 2.24) is 14.1 Å². The van der Waals surface area contributed by atoms with Gasteiger partial charge < -0.3 is 24.3 Å². The predicted octanol–water partition coefficient (Wildman–Crippen LogP) is 2.89. The van der Waals surface area contributed by atoms with E-state index in [9.17, 15) is 19.5 Å². The smallest absolute Gasteiger partial charge is 0.276 e. The molecular weight excluding hydrogens is 498 g/mol. The van der Waals surface area contributed by atoms with Gasteiger partial charge in [0.1, 0.15) is 17.2 Å². The SMILES string of the molecule is C1CCOC1.Cn1cc(-c2ccnc(N3CCn4c(cc5c4CC(C)(C)C5)C3=O)c2CO)cc(NC=O)c1=O. The van der Waals surface area contributed by atoms with E-state index in [1.54, 1.807) is 36.5 Å². The summed E-state index contributed by atoms with van der Waals surface area (Å²) in [4.78, 5) is 42.8. The van der Waals surface area contributed by atoms with Gasteiger partial charge in [0, 0.05) is 62.6 Å². The predicted molar refractivity (Wildman–Crippen MR) is 148 cm³/mol. The van der Waals surface area contributed by atoms with Crippen LogP contribution >= 0.6 is 0 Å². The van der Waals surface area contributed by atoms with Gasteiger partial charge in [0.15, 0.2) is 0 Å². The third-order valence-corrected chi connectivity index (χ3v) is 7.61. The zero-order valence-corrected chi connectivity index (χ0v) is 22.7. The molecule has 0 unspecified atom stereocenters. The van der Waals surface area contributed by atoms with Crippen LogP contribution in [0.1, 0.15) is 54.0 Å². The van der Waals surface area contributed by atoms with E-state index >= 15 is 0 Å². The van der Waals surface area contributed by atoms with Crippen LogP contribution in [0.2, 0.25) is 0 Å². The van der Waals surface area contributed by atoms with Crippen molar-refractivity contribution in [2.24, 2.45) is 12.5 Å². The largest absolute Gasteiger partial charge is 0.392 e. The van der Waals surface area contributed by atoms with Crippen LogP contribution in [0.25, 0.3) is 11.1 Å².